The zero-order valence-electron chi connectivity index (χ0n) is 17.1. The molecule has 0 aliphatic heterocycles. The highest BCUT2D eigenvalue weighted by molar-refractivity contribution is 7.22. The summed E-state index contributed by atoms with van der Waals surface area (Å²) in [5.74, 6) is -0.0427. The molecule has 0 aliphatic carbocycles. The fourth-order valence-electron chi connectivity index (χ4n) is 3.38. The van der Waals surface area contributed by atoms with Crippen LogP contribution in [-0.4, -0.2) is 15.9 Å². The Labute approximate surface area is 174 Å². The Morgan fingerprint density at radius 2 is 1.79 bits per heavy atom. The first-order valence-corrected chi connectivity index (χ1v) is 10.4. The Balaban J connectivity index is 1.80. The van der Waals surface area contributed by atoms with Crippen LogP contribution >= 0.6 is 11.3 Å². The highest BCUT2D eigenvalue weighted by atomic mass is 32.1. The van der Waals surface area contributed by atoms with Gasteiger partial charge in [0.05, 0.1) is 16.8 Å². The van der Waals surface area contributed by atoms with E-state index >= 15 is 0 Å². The molecule has 0 bridgehead atoms. The maximum Gasteiger partial charge on any atom is 0.260 e. The summed E-state index contributed by atoms with van der Waals surface area (Å²) in [6, 6.07) is 14.0. The molecule has 0 aliphatic rings. The number of rotatable bonds is 4. The Hall–Kier alpha value is -3.05. The lowest BCUT2D eigenvalue weighted by Gasteiger charge is -2.21. The first-order chi connectivity index (χ1) is 13.9. The second-order valence-corrected chi connectivity index (χ2v) is 8.48. The molecule has 0 fully saturated rings. The van der Waals surface area contributed by atoms with Crippen molar-refractivity contribution in [2.24, 2.45) is 0 Å². The number of fused-ring (bicyclic) bond motifs is 1. The normalized spacial score (nSPS) is 11.0. The van der Waals surface area contributed by atoms with Gasteiger partial charge in [0.2, 0.25) is 0 Å². The summed E-state index contributed by atoms with van der Waals surface area (Å²) in [5, 5.41) is 0.707. The summed E-state index contributed by atoms with van der Waals surface area (Å²) >= 11 is 1.55. The predicted molar refractivity (Wildman–Crippen MR) is 120 cm³/mol. The molecule has 4 rings (SSSR count). The quantitative estimate of drug-likeness (QED) is 0.436. The van der Waals surface area contributed by atoms with E-state index in [4.69, 9.17) is 4.98 Å². The lowest BCUT2D eigenvalue weighted by atomic mass is 10.0. The Morgan fingerprint density at radius 1 is 1.00 bits per heavy atom. The number of benzene rings is 2. The van der Waals surface area contributed by atoms with E-state index in [1.807, 2.05) is 44.2 Å². The largest absolute Gasteiger partial charge is 0.279 e. The molecule has 29 heavy (non-hydrogen) atoms. The van der Waals surface area contributed by atoms with E-state index in [1.165, 1.54) is 11.1 Å². The van der Waals surface area contributed by atoms with Crippen LogP contribution in [0.5, 0.6) is 0 Å². The third-order valence-electron chi connectivity index (χ3n) is 5.14. The number of nitrogens with zero attached hydrogens (tertiary/aromatic N) is 3. The fraction of sp³-hybridized carbons (Fsp3) is 0.208. The van der Waals surface area contributed by atoms with Crippen molar-refractivity contribution in [3.05, 3.63) is 88.2 Å². The van der Waals surface area contributed by atoms with Gasteiger partial charge < -0.3 is 0 Å². The van der Waals surface area contributed by atoms with E-state index in [0.29, 0.717) is 17.2 Å². The highest BCUT2D eigenvalue weighted by Gasteiger charge is 2.23. The van der Waals surface area contributed by atoms with Gasteiger partial charge >= 0.3 is 0 Å². The van der Waals surface area contributed by atoms with E-state index < -0.39 is 0 Å². The molecule has 0 saturated heterocycles. The van der Waals surface area contributed by atoms with Crippen molar-refractivity contribution in [3.63, 3.8) is 0 Å². The van der Waals surface area contributed by atoms with Crippen LogP contribution in [0.4, 0.5) is 5.13 Å². The first kappa shape index (κ1) is 19.3. The Kier molecular flexibility index (Phi) is 5.16. The second-order valence-electron chi connectivity index (χ2n) is 7.47. The summed E-state index contributed by atoms with van der Waals surface area (Å²) in [7, 11) is 0. The van der Waals surface area contributed by atoms with Crippen LogP contribution in [0, 0.1) is 27.7 Å². The van der Waals surface area contributed by atoms with Crippen LogP contribution in [0.2, 0.25) is 0 Å². The van der Waals surface area contributed by atoms with E-state index in [2.05, 4.69) is 31.0 Å². The molecule has 4 nitrogen and oxygen atoms in total. The van der Waals surface area contributed by atoms with Crippen LogP contribution in [0.25, 0.3) is 10.2 Å². The molecule has 2 aromatic heterocycles. The molecule has 2 aromatic carbocycles. The molecule has 0 saturated carbocycles. The maximum absolute atomic E-state index is 13.6. The van der Waals surface area contributed by atoms with Gasteiger partial charge in [-0.05, 0) is 74.2 Å². The van der Waals surface area contributed by atoms with Crippen molar-refractivity contribution in [2.45, 2.75) is 34.2 Å². The molecular formula is C24H23N3OS. The van der Waals surface area contributed by atoms with Gasteiger partial charge in [-0.1, -0.05) is 35.1 Å². The van der Waals surface area contributed by atoms with Gasteiger partial charge in [0.1, 0.15) is 0 Å². The third kappa shape index (κ3) is 3.91. The van der Waals surface area contributed by atoms with Crippen LogP contribution in [0.3, 0.4) is 0 Å². The standard InChI is InChI=1S/C24H23N3OS/c1-15-7-8-20(18(4)10-15)23(28)27(14-19-6-5-9-25-13-19)24-26-21-11-16(2)17(3)12-22(21)29-24/h5-13H,14H2,1-4H3. The third-order valence-corrected chi connectivity index (χ3v) is 6.19. The molecule has 1 amide bonds. The molecule has 2 heterocycles. The van der Waals surface area contributed by atoms with Crippen molar-refractivity contribution in [2.75, 3.05) is 4.90 Å². The summed E-state index contributed by atoms with van der Waals surface area (Å²) in [4.78, 5) is 24.3. The van der Waals surface area contributed by atoms with Crippen molar-refractivity contribution in [3.8, 4) is 0 Å². The van der Waals surface area contributed by atoms with Crippen molar-refractivity contribution >= 4 is 32.6 Å². The van der Waals surface area contributed by atoms with Gasteiger partial charge in [-0.2, -0.15) is 0 Å². The molecule has 0 atom stereocenters. The lowest BCUT2D eigenvalue weighted by Crippen LogP contribution is -2.31. The average molecular weight is 402 g/mol. The van der Waals surface area contributed by atoms with E-state index in [0.717, 1.165) is 26.9 Å². The number of anilines is 1. The minimum atomic E-state index is -0.0427. The number of aryl methyl sites for hydroxylation is 4. The van der Waals surface area contributed by atoms with E-state index in [9.17, 15) is 4.79 Å². The monoisotopic (exact) mass is 401 g/mol. The number of carbonyl (C=O) groups excluding carboxylic acids is 1. The van der Waals surface area contributed by atoms with Crippen molar-refractivity contribution in [1.29, 1.82) is 0 Å². The van der Waals surface area contributed by atoms with Gasteiger partial charge in [-0.25, -0.2) is 4.98 Å². The number of carbonyl (C=O) groups is 1. The SMILES string of the molecule is Cc1ccc(C(=O)N(Cc2cccnc2)c2nc3cc(C)c(C)cc3s2)c(C)c1. The molecular weight excluding hydrogens is 378 g/mol. The maximum atomic E-state index is 13.6. The van der Waals surface area contributed by atoms with Crippen LogP contribution in [0.1, 0.15) is 38.2 Å². The van der Waals surface area contributed by atoms with Crippen LogP contribution in [0.15, 0.2) is 54.9 Å². The lowest BCUT2D eigenvalue weighted by molar-refractivity contribution is 0.0984. The van der Waals surface area contributed by atoms with Gasteiger partial charge in [-0.3, -0.25) is 14.7 Å². The van der Waals surface area contributed by atoms with Gasteiger partial charge in [0.15, 0.2) is 5.13 Å². The minimum Gasteiger partial charge on any atom is -0.279 e. The Morgan fingerprint density at radius 3 is 2.52 bits per heavy atom. The molecule has 0 unspecified atom stereocenters. The van der Waals surface area contributed by atoms with Crippen molar-refractivity contribution in [1.82, 2.24) is 9.97 Å². The number of amides is 1. The molecule has 4 aromatic rings. The molecule has 5 heteroatoms. The van der Waals surface area contributed by atoms with Gasteiger partial charge in [0.25, 0.3) is 5.91 Å². The fourth-order valence-corrected chi connectivity index (χ4v) is 4.43. The highest BCUT2D eigenvalue weighted by Crippen LogP contribution is 2.32. The topological polar surface area (TPSA) is 46.1 Å². The number of aromatic nitrogens is 2. The zero-order valence-corrected chi connectivity index (χ0v) is 17.9. The number of hydrogen-bond acceptors (Lipinski definition) is 4. The summed E-state index contributed by atoms with van der Waals surface area (Å²) < 4.78 is 1.09. The summed E-state index contributed by atoms with van der Waals surface area (Å²) in [6.07, 6.45) is 3.53. The predicted octanol–water partition coefficient (Wildman–Crippen LogP) is 5.77. The minimum absolute atomic E-state index is 0.0427. The molecule has 146 valence electrons. The second kappa shape index (κ2) is 7.76. The number of thiazole rings is 1. The molecule has 0 spiro atoms. The van der Waals surface area contributed by atoms with Gasteiger partial charge in [-0.15, -0.1) is 0 Å². The zero-order chi connectivity index (χ0) is 20.5. The van der Waals surface area contributed by atoms with E-state index in [1.54, 1.807) is 28.6 Å². The molecule has 0 radical (unpaired) electrons. The number of pyridine rings is 1. The molecule has 0 N–H and O–H groups in total. The average Bonchev–Trinajstić information content (AvgIpc) is 3.09. The first-order valence-electron chi connectivity index (χ1n) is 9.58. The summed E-state index contributed by atoms with van der Waals surface area (Å²) in [5.41, 5.74) is 7.14. The smallest absolute Gasteiger partial charge is 0.260 e. The van der Waals surface area contributed by atoms with Crippen LogP contribution in [-0.2, 0) is 6.54 Å². The summed E-state index contributed by atoms with van der Waals surface area (Å²) in [6.45, 7) is 8.63. The van der Waals surface area contributed by atoms with E-state index in [-0.39, 0.29) is 5.91 Å². The Bertz CT molecular complexity index is 1160. The number of hydrogen-bond donors (Lipinski definition) is 0. The van der Waals surface area contributed by atoms with Gasteiger partial charge in [0, 0.05) is 18.0 Å². The van der Waals surface area contributed by atoms with Crippen LogP contribution < -0.4 is 4.90 Å². The van der Waals surface area contributed by atoms with Crippen molar-refractivity contribution < 1.29 is 4.79 Å².